The van der Waals surface area contributed by atoms with Crippen LogP contribution in [-0.2, 0) is 16.1 Å². The minimum atomic E-state index is -0.683. The summed E-state index contributed by atoms with van der Waals surface area (Å²) in [6.07, 6.45) is 1.56. The highest BCUT2D eigenvalue weighted by atomic mass is 19.1. The first kappa shape index (κ1) is 17.9. The van der Waals surface area contributed by atoms with Gasteiger partial charge < -0.3 is 15.0 Å². The molecular weight excluding hydrogens is 294 g/mol. The number of urea groups is 1. The minimum absolute atomic E-state index is 0.0418. The van der Waals surface area contributed by atoms with Gasteiger partial charge in [-0.15, -0.1) is 0 Å². The van der Waals surface area contributed by atoms with Gasteiger partial charge in [-0.1, -0.05) is 6.07 Å². The van der Waals surface area contributed by atoms with Gasteiger partial charge in [0.25, 0.3) is 0 Å². The van der Waals surface area contributed by atoms with Gasteiger partial charge in [0.2, 0.25) is 0 Å². The lowest BCUT2D eigenvalue weighted by Crippen LogP contribution is -2.37. The third-order valence-corrected chi connectivity index (χ3v) is 3.08. The van der Waals surface area contributed by atoms with Gasteiger partial charge in [0.05, 0.1) is 7.11 Å². The molecule has 0 spiro atoms. The van der Waals surface area contributed by atoms with Crippen LogP contribution < -0.4 is 5.32 Å². The number of carbonyl (C=O) groups excluding carboxylic acids is 2. The molecule has 0 radical (unpaired) electrons. The summed E-state index contributed by atoms with van der Waals surface area (Å²) >= 11 is 0. The van der Waals surface area contributed by atoms with E-state index in [1.54, 1.807) is 0 Å². The number of nitrogens with one attached hydrogen (secondary N) is 1. The summed E-state index contributed by atoms with van der Waals surface area (Å²) < 4.78 is 30.8. The van der Waals surface area contributed by atoms with Gasteiger partial charge in [0, 0.05) is 38.2 Å². The first-order valence-corrected chi connectivity index (χ1v) is 6.93. The Morgan fingerprint density at radius 3 is 2.64 bits per heavy atom. The van der Waals surface area contributed by atoms with Gasteiger partial charge in [-0.05, 0) is 18.9 Å². The molecule has 2 amide bonds. The smallest absolute Gasteiger partial charge is 0.317 e. The van der Waals surface area contributed by atoms with Gasteiger partial charge in [-0.2, -0.15) is 0 Å². The molecule has 0 aliphatic heterocycles. The number of carbonyl (C=O) groups is 2. The number of hydrogen-bond donors (Lipinski definition) is 1. The molecule has 0 saturated carbocycles. The Hall–Kier alpha value is -2.18. The highest BCUT2D eigenvalue weighted by molar-refractivity contribution is 5.73. The topological polar surface area (TPSA) is 58.6 Å². The Bertz CT molecular complexity index is 524. The lowest BCUT2D eigenvalue weighted by Gasteiger charge is -2.18. The zero-order valence-electron chi connectivity index (χ0n) is 12.7. The predicted octanol–water partition coefficient (Wildman–Crippen LogP) is 2.45. The van der Waals surface area contributed by atoms with Crippen LogP contribution >= 0.6 is 0 Å². The molecule has 22 heavy (non-hydrogen) atoms. The highest BCUT2D eigenvalue weighted by Crippen LogP contribution is 2.11. The fraction of sp³-hybridized carbons (Fsp3) is 0.467. The standard InChI is InChI=1S/C15H20F2N2O3/c1-19(10-11-6-7-12(16)9-13(11)17)15(21)18-8-4-3-5-14(20)22-2/h6-7,9H,3-5,8,10H2,1-2H3,(H,18,21). The van der Waals surface area contributed by atoms with Crippen molar-refractivity contribution in [2.24, 2.45) is 0 Å². The highest BCUT2D eigenvalue weighted by Gasteiger charge is 2.11. The van der Waals surface area contributed by atoms with Crippen LogP contribution in [0.15, 0.2) is 18.2 Å². The summed E-state index contributed by atoms with van der Waals surface area (Å²) in [6, 6.07) is 2.89. The second-order valence-electron chi connectivity index (χ2n) is 4.86. The van der Waals surface area contributed by atoms with Crippen LogP contribution in [0.4, 0.5) is 13.6 Å². The van der Waals surface area contributed by atoms with Crippen LogP contribution in [0.3, 0.4) is 0 Å². The molecule has 0 aliphatic carbocycles. The van der Waals surface area contributed by atoms with E-state index >= 15 is 0 Å². The van der Waals surface area contributed by atoms with Crippen molar-refractivity contribution in [2.45, 2.75) is 25.8 Å². The van der Waals surface area contributed by atoms with E-state index in [9.17, 15) is 18.4 Å². The number of rotatable bonds is 7. The molecule has 1 aromatic rings. The van der Waals surface area contributed by atoms with Gasteiger partial charge in [-0.25, -0.2) is 13.6 Å². The van der Waals surface area contributed by atoms with E-state index in [0.29, 0.717) is 25.8 Å². The molecule has 1 N–H and O–H groups in total. The fourth-order valence-corrected chi connectivity index (χ4v) is 1.80. The number of amides is 2. The molecular formula is C15H20F2N2O3. The van der Waals surface area contributed by atoms with Gasteiger partial charge in [0.15, 0.2) is 0 Å². The number of hydrogen-bond acceptors (Lipinski definition) is 3. The normalized spacial score (nSPS) is 10.2. The Morgan fingerprint density at radius 2 is 2.00 bits per heavy atom. The molecule has 1 aromatic carbocycles. The van der Waals surface area contributed by atoms with E-state index < -0.39 is 11.6 Å². The molecule has 0 aliphatic rings. The maximum atomic E-state index is 13.5. The predicted molar refractivity (Wildman–Crippen MR) is 77.1 cm³/mol. The number of unbranched alkanes of at least 4 members (excludes halogenated alkanes) is 1. The van der Waals surface area contributed by atoms with E-state index in [4.69, 9.17) is 0 Å². The Kier molecular flexibility index (Phi) is 7.28. The molecule has 0 atom stereocenters. The van der Waals surface area contributed by atoms with E-state index in [2.05, 4.69) is 10.1 Å². The summed E-state index contributed by atoms with van der Waals surface area (Å²) in [5.41, 5.74) is 0.241. The molecule has 7 heteroatoms. The van der Waals surface area contributed by atoms with E-state index in [1.165, 1.54) is 25.1 Å². The molecule has 5 nitrogen and oxygen atoms in total. The first-order valence-electron chi connectivity index (χ1n) is 6.93. The summed E-state index contributed by atoms with van der Waals surface area (Å²) in [7, 11) is 2.85. The van der Waals surface area contributed by atoms with E-state index in [-0.39, 0.29) is 24.1 Å². The maximum absolute atomic E-state index is 13.5. The quantitative estimate of drug-likeness (QED) is 0.621. The Balaban J connectivity index is 2.31. The number of halogens is 2. The van der Waals surface area contributed by atoms with Crippen LogP contribution in [0.25, 0.3) is 0 Å². The van der Waals surface area contributed by atoms with Crippen LogP contribution in [0.5, 0.6) is 0 Å². The molecule has 0 aromatic heterocycles. The van der Waals surface area contributed by atoms with Gasteiger partial charge in [-0.3, -0.25) is 4.79 Å². The van der Waals surface area contributed by atoms with Crippen LogP contribution in [0, 0.1) is 11.6 Å². The number of esters is 1. The van der Waals surface area contributed by atoms with Crippen molar-refractivity contribution in [3.63, 3.8) is 0 Å². The molecule has 122 valence electrons. The van der Waals surface area contributed by atoms with Crippen molar-refractivity contribution in [3.05, 3.63) is 35.4 Å². The molecule has 0 unspecified atom stereocenters. The Morgan fingerprint density at radius 1 is 1.27 bits per heavy atom. The van der Waals surface area contributed by atoms with Crippen molar-refractivity contribution in [3.8, 4) is 0 Å². The monoisotopic (exact) mass is 314 g/mol. The lowest BCUT2D eigenvalue weighted by atomic mass is 10.2. The molecule has 0 bridgehead atoms. The minimum Gasteiger partial charge on any atom is -0.469 e. The van der Waals surface area contributed by atoms with Crippen molar-refractivity contribution in [1.29, 1.82) is 0 Å². The fourth-order valence-electron chi connectivity index (χ4n) is 1.80. The maximum Gasteiger partial charge on any atom is 0.317 e. The lowest BCUT2D eigenvalue weighted by molar-refractivity contribution is -0.140. The third-order valence-electron chi connectivity index (χ3n) is 3.08. The zero-order valence-corrected chi connectivity index (χ0v) is 12.7. The summed E-state index contributed by atoms with van der Waals surface area (Å²) in [6.45, 7) is 0.451. The van der Waals surface area contributed by atoms with Gasteiger partial charge in [0.1, 0.15) is 11.6 Å². The van der Waals surface area contributed by atoms with E-state index in [0.717, 1.165) is 12.1 Å². The molecule has 0 heterocycles. The zero-order chi connectivity index (χ0) is 16.5. The summed E-state index contributed by atoms with van der Waals surface area (Å²) in [5, 5.41) is 2.66. The number of ether oxygens (including phenoxy) is 1. The number of benzene rings is 1. The largest absolute Gasteiger partial charge is 0.469 e. The van der Waals surface area contributed by atoms with Crippen LogP contribution in [0.1, 0.15) is 24.8 Å². The van der Waals surface area contributed by atoms with Crippen molar-refractivity contribution >= 4 is 12.0 Å². The summed E-state index contributed by atoms with van der Waals surface area (Å²) in [4.78, 5) is 24.0. The number of nitrogens with zero attached hydrogens (tertiary/aromatic N) is 1. The number of methoxy groups -OCH3 is 1. The van der Waals surface area contributed by atoms with Crippen molar-refractivity contribution < 1.29 is 23.1 Å². The third kappa shape index (κ3) is 6.07. The molecule has 1 rings (SSSR count). The first-order chi connectivity index (χ1) is 10.4. The average Bonchev–Trinajstić information content (AvgIpc) is 2.49. The van der Waals surface area contributed by atoms with Crippen LogP contribution in [0.2, 0.25) is 0 Å². The summed E-state index contributed by atoms with van der Waals surface area (Å²) in [5.74, 6) is -1.62. The van der Waals surface area contributed by atoms with Gasteiger partial charge >= 0.3 is 12.0 Å². The van der Waals surface area contributed by atoms with E-state index in [1.807, 2.05) is 0 Å². The Labute approximate surface area is 128 Å². The average molecular weight is 314 g/mol. The molecule has 0 saturated heterocycles. The second-order valence-corrected chi connectivity index (χ2v) is 4.86. The SMILES string of the molecule is COC(=O)CCCCNC(=O)N(C)Cc1ccc(F)cc1F. The van der Waals surface area contributed by atoms with Crippen molar-refractivity contribution in [2.75, 3.05) is 20.7 Å². The molecule has 0 fully saturated rings. The van der Waals surface area contributed by atoms with Crippen LogP contribution in [-0.4, -0.2) is 37.6 Å². The van der Waals surface area contributed by atoms with Crippen molar-refractivity contribution in [1.82, 2.24) is 10.2 Å². The second kappa shape index (κ2) is 8.96.